The summed E-state index contributed by atoms with van der Waals surface area (Å²) >= 11 is 2.25. The van der Waals surface area contributed by atoms with Crippen molar-refractivity contribution in [2.75, 3.05) is 5.75 Å². The van der Waals surface area contributed by atoms with E-state index in [0.29, 0.717) is 0 Å². The SMILES string of the molecule is C1CCC(SCC2CC2)C1. The molecule has 0 aliphatic heterocycles. The average molecular weight is 156 g/mol. The van der Waals surface area contributed by atoms with Crippen LogP contribution in [0.25, 0.3) is 0 Å². The lowest BCUT2D eigenvalue weighted by atomic mass is 10.4. The third kappa shape index (κ3) is 1.91. The van der Waals surface area contributed by atoms with Crippen LogP contribution in [-0.4, -0.2) is 11.0 Å². The monoisotopic (exact) mass is 156 g/mol. The Morgan fingerprint density at radius 3 is 2.30 bits per heavy atom. The molecular formula is C9H16S. The van der Waals surface area contributed by atoms with Crippen LogP contribution in [-0.2, 0) is 0 Å². The quantitative estimate of drug-likeness (QED) is 0.605. The van der Waals surface area contributed by atoms with Crippen LogP contribution in [0.15, 0.2) is 0 Å². The molecule has 0 nitrogen and oxygen atoms in total. The summed E-state index contributed by atoms with van der Waals surface area (Å²) in [7, 11) is 0. The molecule has 2 saturated carbocycles. The van der Waals surface area contributed by atoms with Gasteiger partial charge >= 0.3 is 0 Å². The number of hydrogen-bond acceptors (Lipinski definition) is 1. The van der Waals surface area contributed by atoms with Gasteiger partial charge in [0.25, 0.3) is 0 Å². The van der Waals surface area contributed by atoms with E-state index in [1.165, 1.54) is 44.3 Å². The molecule has 0 heterocycles. The summed E-state index contributed by atoms with van der Waals surface area (Å²) in [6.07, 6.45) is 9.08. The lowest BCUT2D eigenvalue weighted by Gasteiger charge is -2.06. The highest BCUT2D eigenvalue weighted by Gasteiger charge is 2.23. The summed E-state index contributed by atoms with van der Waals surface area (Å²) in [5.74, 6) is 2.61. The van der Waals surface area contributed by atoms with Gasteiger partial charge in [-0.2, -0.15) is 11.8 Å². The van der Waals surface area contributed by atoms with Crippen molar-refractivity contribution in [3.63, 3.8) is 0 Å². The maximum atomic E-state index is 2.25. The molecule has 0 spiro atoms. The third-order valence-electron chi connectivity index (χ3n) is 2.57. The van der Waals surface area contributed by atoms with Crippen LogP contribution in [0.3, 0.4) is 0 Å². The molecule has 2 aliphatic carbocycles. The van der Waals surface area contributed by atoms with Gasteiger partial charge in [0, 0.05) is 5.25 Å². The summed E-state index contributed by atoms with van der Waals surface area (Å²) in [5, 5.41) is 1.06. The maximum Gasteiger partial charge on any atom is 0.00471 e. The maximum absolute atomic E-state index is 2.25. The Kier molecular flexibility index (Phi) is 2.22. The van der Waals surface area contributed by atoms with E-state index in [4.69, 9.17) is 0 Å². The fourth-order valence-electron chi connectivity index (χ4n) is 1.61. The van der Waals surface area contributed by atoms with Gasteiger partial charge in [-0.1, -0.05) is 12.8 Å². The van der Waals surface area contributed by atoms with Crippen molar-refractivity contribution >= 4 is 11.8 Å². The van der Waals surface area contributed by atoms with Crippen molar-refractivity contribution in [2.24, 2.45) is 5.92 Å². The van der Waals surface area contributed by atoms with Crippen molar-refractivity contribution in [1.82, 2.24) is 0 Å². The predicted octanol–water partition coefficient (Wildman–Crippen LogP) is 3.07. The second-order valence-corrected chi connectivity index (χ2v) is 5.02. The van der Waals surface area contributed by atoms with E-state index in [9.17, 15) is 0 Å². The topological polar surface area (TPSA) is 0 Å². The molecule has 2 rings (SSSR count). The van der Waals surface area contributed by atoms with E-state index in [1.807, 2.05) is 0 Å². The smallest absolute Gasteiger partial charge is 0.00471 e. The van der Waals surface area contributed by atoms with Gasteiger partial charge in [0.2, 0.25) is 0 Å². The lowest BCUT2D eigenvalue weighted by Crippen LogP contribution is -1.96. The average Bonchev–Trinajstić information content (AvgIpc) is 2.63. The van der Waals surface area contributed by atoms with E-state index in [2.05, 4.69) is 11.8 Å². The Morgan fingerprint density at radius 2 is 1.70 bits per heavy atom. The standard InChI is InChI=1S/C9H16S/c1-2-4-9(3-1)10-7-8-5-6-8/h8-9H,1-7H2. The minimum Gasteiger partial charge on any atom is -0.158 e. The first-order chi connectivity index (χ1) is 4.95. The van der Waals surface area contributed by atoms with E-state index >= 15 is 0 Å². The molecule has 0 bridgehead atoms. The molecule has 0 aromatic carbocycles. The normalized spacial score (nSPS) is 27.6. The molecule has 0 N–H and O–H groups in total. The second kappa shape index (κ2) is 3.17. The first kappa shape index (κ1) is 7.02. The minimum absolute atomic E-state index is 1.06. The van der Waals surface area contributed by atoms with Crippen LogP contribution in [0.1, 0.15) is 38.5 Å². The molecule has 0 unspecified atom stereocenters. The molecule has 0 aromatic rings. The van der Waals surface area contributed by atoms with Gasteiger partial charge in [0.1, 0.15) is 0 Å². The van der Waals surface area contributed by atoms with Crippen LogP contribution in [0, 0.1) is 5.92 Å². The van der Waals surface area contributed by atoms with Crippen molar-refractivity contribution in [1.29, 1.82) is 0 Å². The number of hydrogen-bond donors (Lipinski definition) is 0. The molecular weight excluding hydrogens is 140 g/mol. The van der Waals surface area contributed by atoms with Gasteiger partial charge in [-0.05, 0) is 37.4 Å². The Hall–Kier alpha value is 0.350. The van der Waals surface area contributed by atoms with Crippen LogP contribution < -0.4 is 0 Å². The number of rotatable bonds is 3. The van der Waals surface area contributed by atoms with E-state index in [1.54, 1.807) is 0 Å². The zero-order valence-corrected chi connectivity index (χ0v) is 7.33. The van der Waals surface area contributed by atoms with Crippen molar-refractivity contribution in [2.45, 2.75) is 43.8 Å². The highest BCUT2D eigenvalue weighted by Crippen LogP contribution is 2.37. The summed E-state index contributed by atoms with van der Waals surface area (Å²) in [4.78, 5) is 0. The van der Waals surface area contributed by atoms with Crippen LogP contribution in [0.2, 0.25) is 0 Å². The van der Waals surface area contributed by atoms with Gasteiger partial charge < -0.3 is 0 Å². The fourth-order valence-corrected chi connectivity index (χ4v) is 3.16. The third-order valence-corrected chi connectivity index (χ3v) is 4.17. The first-order valence-corrected chi connectivity index (χ1v) is 5.61. The summed E-state index contributed by atoms with van der Waals surface area (Å²) < 4.78 is 0. The lowest BCUT2D eigenvalue weighted by molar-refractivity contribution is 0.886. The highest BCUT2D eigenvalue weighted by molar-refractivity contribution is 7.99. The number of thioether (sulfide) groups is 1. The van der Waals surface area contributed by atoms with Gasteiger partial charge in [-0.3, -0.25) is 0 Å². The van der Waals surface area contributed by atoms with Crippen molar-refractivity contribution in [3.05, 3.63) is 0 Å². The second-order valence-electron chi connectivity index (χ2n) is 3.68. The summed E-state index contributed by atoms with van der Waals surface area (Å²) in [6.45, 7) is 0. The molecule has 58 valence electrons. The van der Waals surface area contributed by atoms with Gasteiger partial charge in [0.15, 0.2) is 0 Å². The largest absolute Gasteiger partial charge is 0.158 e. The molecule has 0 aromatic heterocycles. The van der Waals surface area contributed by atoms with Gasteiger partial charge in [0.05, 0.1) is 0 Å². The fraction of sp³-hybridized carbons (Fsp3) is 1.00. The Balaban J connectivity index is 1.59. The minimum atomic E-state index is 1.06. The Morgan fingerprint density at radius 1 is 1.00 bits per heavy atom. The molecule has 0 saturated heterocycles. The predicted molar refractivity (Wildman–Crippen MR) is 47.4 cm³/mol. The van der Waals surface area contributed by atoms with E-state index in [-0.39, 0.29) is 0 Å². The van der Waals surface area contributed by atoms with E-state index < -0.39 is 0 Å². The van der Waals surface area contributed by atoms with E-state index in [0.717, 1.165) is 11.2 Å². The summed E-state index contributed by atoms with van der Waals surface area (Å²) in [6, 6.07) is 0. The molecule has 0 atom stereocenters. The molecule has 1 heteroatoms. The Bertz CT molecular complexity index is 101. The molecule has 0 amide bonds. The first-order valence-electron chi connectivity index (χ1n) is 4.57. The van der Waals surface area contributed by atoms with Crippen LogP contribution in [0.4, 0.5) is 0 Å². The zero-order chi connectivity index (χ0) is 6.81. The molecule has 10 heavy (non-hydrogen) atoms. The Labute approximate surface area is 67.8 Å². The van der Waals surface area contributed by atoms with Crippen LogP contribution >= 0.6 is 11.8 Å². The molecule has 2 fully saturated rings. The van der Waals surface area contributed by atoms with Crippen molar-refractivity contribution in [3.8, 4) is 0 Å². The van der Waals surface area contributed by atoms with Crippen LogP contribution in [0.5, 0.6) is 0 Å². The summed E-state index contributed by atoms with van der Waals surface area (Å²) in [5.41, 5.74) is 0. The van der Waals surface area contributed by atoms with Gasteiger partial charge in [-0.25, -0.2) is 0 Å². The molecule has 2 aliphatic rings. The highest BCUT2D eigenvalue weighted by atomic mass is 32.2. The molecule has 0 radical (unpaired) electrons. The zero-order valence-electron chi connectivity index (χ0n) is 6.51. The van der Waals surface area contributed by atoms with Gasteiger partial charge in [-0.15, -0.1) is 0 Å². The van der Waals surface area contributed by atoms with Crippen molar-refractivity contribution < 1.29 is 0 Å².